The van der Waals surface area contributed by atoms with Crippen LogP contribution in [0.1, 0.15) is 13.8 Å². The fourth-order valence-electron chi connectivity index (χ4n) is 0.118. The summed E-state index contributed by atoms with van der Waals surface area (Å²) in [5.74, 6) is -1.09. The Morgan fingerprint density at radius 1 is 1.62 bits per heavy atom. The van der Waals surface area contributed by atoms with Crippen molar-refractivity contribution in [1.82, 2.24) is 0 Å². The molecule has 0 aromatic carbocycles. The number of carboxylic acids is 1. The molecule has 0 amide bonds. The Morgan fingerprint density at radius 2 is 2.00 bits per heavy atom. The van der Waals surface area contributed by atoms with E-state index in [9.17, 15) is 9.90 Å². The molecule has 0 radical (unpaired) electrons. The third-order valence-electron chi connectivity index (χ3n) is 0.755. The Morgan fingerprint density at radius 3 is 2.00 bits per heavy atom. The van der Waals surface area contributed by atoms with Gasteiger partial charge >= 0.3 is 29.6 Å². The zero-order valence-electron chi connectivity index (χ0n) is 5.39. The average Bonchev–Trinajstić information content (AvgIpc) is 1.65. The molecule has 0 bridgehead atoms. The van der Waals surface area contributed by atoms with E-state index in [1.807, 2.05) is 0 Å². The van der Waals surface area contributed by atoms with E-state index >= 15 is 0 Å². The number of hydrogen-bond donors (Lipinski definition) is 0. The third kappa shape index (κ3) is 4.37. The maximum absolute atomic E-state index is 9.75. The van der Waals surface area contributed by atoms with Crippen molar-refractivity contribution in [2.75, 3.05) is 0 Å². The summed E-state index contributed by atoms with van der Waals surface area (Å²) in [6.07, 6.45) is 1.50. The number of aliphatic carboxylic acids is 1. The van der Waals surface area contributed by atoms with Crippen LogP contribution >= 0.6 is 0 Å². The van der Waals surface area contributed by atoms with Crippen molar-refractivity contribution in [3.8, 4) is 0 Å². The number of allylic oxidation sites excluding steroid dienone is 1. The molecule has 0 atom stereocenters. The SMILES string of the molecule is C/C=C(\C)C(=O)[O-].[Na+]. The summed E-state index contributed by atoms with van der Waals surface area (Å²) in [6.45, 7) is 3.15. The van der Waals surface area contributed by atoms with Crippen LogP contribution in [0.2, 0.25) is 0 Å². The van der Waals surface area contributed by atoms with Gasteiger partial charge in [0.25, 0.3) is 0 Å². The Labute approximate surface area is 70.9 Å². The van der Waals surface area contributed by atoms with E-state index in [2.05, 4.69) is 0 Å². The molecule has 0 saturated heterocycles. The van der Waals surface area contributed by atoms with Gasteiger partial charge in [0.15, 0.2) is 0 Å². The number of carbonyl (C=O) groups excluding carboxylic acids is 1. The number of carbonyl (C=O) groups is 1. The van der Waals surface area contributed by atoms with Gasteiger partial charge in [-0.05, 0) is 19.4 Å². The molecule has 0 rings (SSSR count). The summed E-state index contributed by atoms with van der Waals surface area (Å²) in [6, 6.07) is 0. The average molecular weight is 122 g/mol. The molecule has 0 saturated carbocycles. The van der Waals surface area contributed by atoms with E-state index in [1.165, 1.54) is 13.0 Å². The Hall–Kier alpha value is 0.210. The largest absolute Gasteiger partial charge is 1.00 e. The summed E-state index contributed by atoms with van der Waals surface area (Å²) in [5.41, 5.74) is 0.278. The number of carboxylic acid groups (broad SMARTS) is 1. The zero-order chi connectivity index (χ0) is 5.86. The second kappa shape index (κ2) is 5.35. The maximum Gasteiger partial charge on any atom is 1.00 e. The van der Waals surface area contributed by atoms with Crippen molar-refractivity contribution >= 4 is 5.97 Å². The minimum Gasteiger partial charge on any atom is -0.545 e. The van der Waals surface area contributed by atoms with Gasteiger partial charge in [-0.1, -0.05) is 6.08 Å². The second-order valence-electron chi connectivity index (χ2n) is 1.26. The van der Waals surface area contributed by atoms with Crippen molar-refractivity contribution in [1.29, 1.82) is 0 Å². The van der Waals surface area contributed by atoms with E-state index in [-0.39, 0.29) is 35.1 Å². The molecule has 40 valence electrons. The first-order valence-electron chi connectivity index (χ1n) is 2.02. The Bertz CT molecular complexity index is 107. The number of rotatable bonds is 1. The van der Waals surface area contributed by atoms with Crippen LogP contribution in [0.15, 0.2) is 11.6 Å². The fourth-order valence-corrected chi connectivity index (χ4v) is 0.118. The van der Waals surface area contributed by atoms with E-state index in [0.29, 0.717) is 0 Å². The van der Waals surface area contributed by atoms with Crippen LogP contribution < -0.4 is 34.7 Å². The van der Waals surface area contributed by atoms with E-state index in [1.54, 1.807) is 6.92 Å². The molecule has 3 heteroatoms. The first-order chi connectivity index (χ1) is 3.18. The maximum atomic E-state index is 9.75. The summed E-state index contributed by atoms with van der Waals surface area (Å²) in [4.78, 5) is 9.75. The van der Waals surface area contributed by atoms with Crippen molar-refractivity contribution in [3.63, 3.8) is 0 Å². The summed E-state index contributed by atoms with van der Waals surface area (Å²) in [5, 5.41) is 9.75. The van der Waals surface area contributed by atoms with E-state index in [0.717, 1.165) is 0 Å². The van der Waals surface area contributed by atoms with Gasteiger partial charge in [0.2, 0.25) is 0 Å². The molecule has 0 unspecified atom stereocenters. The van der Waals surface area contributed by atoms with Crippen LogP contribution in [-0.2, 0) is 4.79 Å². The molecule has 0 heterocycles. The standard InChI is InChI=1S/C5H8O2.Na/c1-3-4(2)5(6)7;/h3H,1-2H3,(H,6,7);/q;+1/p-1/b4-3+;. The van der Waals surface area contributed by atoms with Gasteiger partial charge in [-0.2, -0.15) is 0 Å². The van der Waals surface area contributed by atoms with Crippen LogP contribution in [0, 0.1) is 0 Å². The minimum atomic E-state index is -1.09. The van der Waals surface area contributed by atoms with Gasteiger partial charge in [-0.3, -0.25) is 0 Å². The van der Waals surface area contributed by atoms with Crippen LogP contribution in [0.3, 0.4) is 0 Å². The number of hydrogen-bond acceptors (Lipinski definition) is 2. The molecule has 0 N–H and O–H groups in total. The summed E-state index contributed by atoms with van der Waals surface area (Å²) in [7, 11) is 0. The Kier molecular flexibility index (Phi) is 7.40. The molecule has 0 aliphatic rings. The topological polar surface area (TPSA) is 40.1 Å². The summed E-state index contributed by atoms with van der Waals surface area (Å²) >= 11 is 0. The van der Waals surface area contributed by atoms with Crippen LogP contribution in [0.5, 0.6) is 0 Å². The molecule has 0 aliphatic heterocycles. The van der Waals surface area contributed by atoms with Crippen LogP contribution in [0.25, 0.3) is 0 Å². The molecule has 0 aromatic heterocycles. The van der Waals surface area contributed by atoms with Crippen molar-refractivity contribution in [2.24, 2.45) is 0 Å². The van der Waals surface area contributed by atoms with Gasteiger partial charge in [0.05, 0.1) is 5.97 Å². The molecule has 0 aliphatic carbocycles. The molecule has 0 fully saturated rings. The van der Waals surface area contributed by atoms with Gasteiger partial charge < -0.3 is 9.90 Å². The van der Waals surface area contributed by atoms with Crippen molar-refractivity contribution < 1.29 is 39.5 Å². The molecule has 8 heavy (non-hydrogen) atoms. The molecule has 0 spiro atoms. The minimum absolute atomic E-state index is 0. The van der Waals surface area contributed by atoms with Crippen LogP contribution in [0.4, 0.5) is 0 Å². The third-order valence-corrected chi connectivity index (χ3v) is 0.755. The van der Waals surface area contributed by atoms with Crippen molar-refractivity contribution in [3.05, 3.63) is 11.6 Å². The van der Waals surface area contributed by atoms with Crippen LogP contribution in [-0.4, -0.2) is 5.97 Å². The smallest absolute Gasteiger partial charge is 0.545 e. The van der Waals surface area contributed by atoms with Gasteiger partial charge in [-0.25, -0.2) is 0 Å². The zero-order valence-corrected chi connectivity index (χ0v) is 7.39. The molecule has 2 nitrogen and oxygen atoms in total. The summed E-state index contributed by atoms with van der Waals surface area (Å²) < 4.78 is 0. The first kappa shape index (κ1) is 11.1. The molecular weight excluding hydrogens is 115 g/mol. The van der Waals surface area contributed by atoms with Gasteiger partial charge in [0, 0.05) is 0 Å². The molecular formula is C5H7NaO2. The Balaban J connectivity index is 0. The quantitative estimate of drug-likeness (QED) is 0.270. The molecule has 0 aromatic rings. The van der Waals surface area contributed by atoms with E-state index < -0.39 is 5.97 Å². The van der Waals surface area contributed by atoms with Gasteiger partial charge in [-0.15, -0.1) is 0 Å². The predicted octanol–water partition coefficient (Wildman–Crippen LogP) is -3.29. The van der Waals surface area contributed by atoms with E-state index in [4.69, 9.17) is 0 Å². The van der Waals surface area contributed by atoms with Crippen molar-refractivity contribution in [2.45, 2.75) is 13.8 Å². The second-order valence-corrected chi connectivity index (χ2v) is 1.26. The predicted molar refractivity (Wildman–Crippen MR) is 24.4 cm³/mol. The van der Waals surface area contributed by atoms with Gasteiger partial charge in [0.1, 0.15) is 0 Å². The normalized spacial score (nSPS) is 10.0. The monoisotopic (exact) mass is 122 g/mol. The first-order valence-corrected chi connectivity index (χ1v) is 2.02. The fraction of sp³-hybridized carbons (Fsp3) is 0.400.